The second-order valence-electron chi connectivity index (χ2n) is 6.35. The van der Waals surface area contributed by atoms with E-state index in [2.05, 4.69) is 5.32 Å². The summed E-state index contributed by atoms with van der Waals surface area (Å²) < 4.78 is 15.3. The Morgan fingerprint density at radius 1 is 1.10 bits per heavy atom. The van der Waals surface area contributed by atoms with Gasteiger partial charge in [-0.25, -0.2) is 4.79 Å². The van der Waals surface area contributed by atoms with Crippen LogP contribution in [0.4, 0.5) is 11.4 Å². The smallest absolute Gasteiger partial charge is 0.349 e. The van der Waals surface area contributed by atoms with E-state index in [4.69, 9.17) is 14.2 Å². The number of nitriles is 1. The van der Waals surface area contributed by atoms with E-state index in [1.165, 1.54) is 20.3 Å². The van der Waals surface area contributed by atoms with Gasteiger partial charge in [-0.2, -0.15) is 5.26 Å². The molecule has 0 bridgehead atoms. The Morgan fingerprint density at radius 2 is 1.80 bits per heavy atom. The molecule has 1 amide bonds. The molecule has 0 radical (unpaired) electrons. The van der Waals surface area contributed by atoms with Gasteiger partial charge in [-0.15, -0.1) is 0 Å². The summed E-state index contributed by atoms with van der Waals surface area (Å²) in [5.74, 6) is -0.517. The fourth-order valence-corrected chi connectivity index (χ4v) is 2.48. The Bertz CT molecular complexity index is 975. The first-order chi connectivity index (χ1) is 14.4. The average molecular weight is 409 g/mol. The molecule has 0 aliphatic rings. The zero-order valence-corrected chi connectivity index (χ0v) is 17.3. The molecule has 0 fully saturated rings. The van der Waals surface area contributed by atoms with Gasteiger partial charge in [0.25, 0.3) is 5.91 Å². The maximum absolute atomic E-state index is 12.2. The summed E-state index contributed by atoms with van der Waals surface area (Å²) in [6.45, 7) is -0.558. The normalized spacial score (nSPS) is 10.6. The van der Waals surface area contributed by atoms with E-state index in [9.17, 15) is 14.9 Å². The second kappa shape index (κ2) is 10.5. The van der Waals surface area contributed by atoms with Crippen molar-refractivity contribution in [3.05, 3.63) is 53.6 Å². The molecule has 0 aliphatic carbocycles. The van der Waals surface area contributed by atoms with Gasteiger partial charge in [0.1, 0.15) is 23.1 Å². The molecule has 0 saturated carbocycles. The van der Waals surface area contributed by atoms with Crippen molar-refractivity contribution in [2.24, 2.45) is 0 Å². The number of carbonyl (C=O) groups is 2. The fraction of sp³-hybridized carbons (Fsp3) is 0.227. The molecule has 2 rings (SSSR count). The summed E-state index contributed by atoms with van der Waals surface area (Å²) in [5.41, 5.74) is 1.81. The van der Waals surface area contributed by atoms with Crippen molar-refractivity contribution in [3.63, 3.8) is 0 Å². The van der Waals surface area contributed by atoms with Crippen LogP contribution in [0.15, 0.2) is 48.0 Å². The van der Waals surface area contributed by atoms with Gasteiger partial charge in [0, 0.05) is 25.8 Å². The number of hydrogen-bond acceptors (Lipinski definition) is 7. The van der Waals surface area contributed by atoms with E-state index in [1.807, 2.05) is 31.1 Å². The molecule has 2 aromatic carbocycles. The summed E-state index contributed by atoms with van der Waals surface area (Å²) >= 11 is 0. The molecule has 30 heavy (non-hydrogen) atoms. The SMILES string of the molecule is COc1ccc(OC)c(NC(=O)COC(=O)/C(C#N)=C/c2ccc(N(C)C)cc2)c1. The van der Waals surface area contributed by atoms with Crippen molar-refractivity contribution in [2.45, 2.75) is 0 Å². The lowest BCUT2D eigenvalue weighted by Crippen LogP contribution is -2.21. The molecule has 8 nitrogen and oxygen atoms in total. The zero-order chi connectivity index (χ0) is 22.1. The number of amides is 1. The largest absolute Gasteiger partial charge is 0.497 e. The molecule has 0 aliphatic heterocycles. The second-order valence-corrected chi connectivity index (χ2v) is 6.35. The predicted molar refractivity (Wildman–Crippen MR) is 113 cm³/mol. The molecule has 0 atom stereocenters. The van der Waals surface area contributed by atoms with Crippen LogP contribution in [0, 0.1) is 11.3 Å². The van der Waals surface area contributed by atoms with Gasteiger partial charge in [-0.1, -0.05) is 12.1 Å². The standard InChI is InChI=1S/C22H23N3O5/c1-25(2)17-7-5-15(6-8-17)11-16(13-23)22(27)30-14-21(26)24-19-12-18(28-3)9-10-20(19)29-4/h5-12H,14H2,1-4H3,(H,24,26)/b16-11+. The topological polar surface area (TPSA) is 101 Å². The number of methoxy groups -OCH3 is 2. The van der Waals surface area contributed by atoms with Gasteiger partial charge in [0.15, 0.2) is 6.61 Å². The maximum Gasteiger partial charge on any atom is 0.349 e. The highest BCUT2D eigenvalue weighted by molar-refractivity contribution is 6.00. The van der Waals surface area contributed by atoms with Crippen LogP contribution >= 0.6 is 0 Å². The van der Waals surface area contributed by atoms with Crippen LogP contribution in [0.1, 0.15) is 5.56 Å². The highest BCUT2D eigenvalue weighted by Crippen LogP contribution is 2.28. The van der Waals surface area contributed by atoms with Crippen LogP contribution in [-0.4, -0.2) is 46.8 Å². The summed E-state index contributed by atoms with van der Waals surface area (Å²) in [7, 11) is 6.79. The molecule has 8 heteroatoms. The summed E-state index contributed by atoms with van der Waals surface area (Å²) in [6, 6.07) is 14.0. The van der Waals surface area contributed by atoms with Crippen molar-refractivity contribution >= 4 is 29.3 Å². The van der Waals surface area contributed by atoms with Crippen molar-refractivity contribution in [2.75, 3.05) is 45.1 Å². The van der Waals surface area contributed by atoms with Gasteiger partial charge in [0.05, 0.1) is 19.9 Å². The first-order valence-corrected chi connectivity index (χ1v) is 8.96. The van der Waals surface area contributed by atoms with Gasteiger partial charge in [-0.05, 0) is 35.9 Å². The molecule has 0 heterocycles. The van der Waals surface area contributed by atoms with Crippen LogP contribution in [0.3, 0.4) is 0 Å². The number of rotatable bonds is 8. The molecule has 2 aromatic rings. The number of benzene rings is 2. The number of carbonyl (C=O) groups excluding carboxylic acids is 2. The van der Waals surface area contributed by atoms with E-state index >= 15 is 0 Å². The quantitative estimate of drug-likeness (QED) is 0.406. The minimum atomic E-state index is -0.887. The van der Waals surface area contributed by atoms with Gasteiger partial charge in [-0.3, -0.25) is 4.79 Å². The van der Waals surface area contributed by atoms with E-state index < -0.39 is 18.5 Å². The number of ether oxygens (including phenoxy) is 3. The summed E-state index contributed by atoms with van der Waals surface area (Å²) in [5, 5.41) is 11.9. The monoisotopic (exact) mass is 409 g/mol. The predicted octanol–water partition coefficient (Wildman–Crippen LogP) is 2.86. The minimum absolute atomic E-state index is 0.209. The zero-order valence-electron chi connectivity index (χ0n) is 17.3. The van der Waals surface area contributed by atoms with Gasteiger partial charge < -0.3 is 24.4 Å². The number of esters is 1. The van der Waals surface area contributed by atoms with Crippen molar-refractivity contribution < 1.29 is 23.8 Å². The Kier molecular flexibility index (Phi) is 7.82. The Labute approximate surface area is 175 Å². The third-order valence-corrected chi connectivity index (χ3v) is 4.08. The van der Waals surface area contributed by atoms with Crippen molar-refractivity contribution in [1.82, 2.24) is 0 Å². The number of nitrogens with zero attached hydrogens (tertiary/aromatic N) is 2. The molecule has 0 saturated heterocycles. The fourth-order valence-electron chi connectivity index (χ4n) is 2.48. The average Bonchev–Trinajstić information content (AvgIpc) is 2.76. The Morgan fingerprint density at radius 3 is 2.37 bits per heavy atom. The van der Waals surface area contributed by atoms with E-state index in [0.717, 1.165) is 5.69 Å². The molecule has 0 aromatic heterocycles. The maximum atomic E-state index is 12.2. The lowest BCUT2D eigenvalue weighted by Gasteiger charge is -2.12. The highest BCUT2D eigenvalue weighted by atomic mass is 16.5. The van der Waals surface area contributed by atoms with Crippen LogP contribution < -0.4 is 19.7 Å². The van der Waals surface area contributed by atoms with Crippen LogP contribution in [0.25, 0.3) is 6.08 Å². The Hall–Kier alpha value is -3.99. The third-order valence-electron chi connectivity index (χ3n) is 4.08. The van der Waals surface area contributed by atoms with Crippen molar-refractivity contribution in [1.29, 1.82) is 5.26 Å². The Balaban J connectivity index is 2.01. The lowest BCUT2D eigenvalue weighted by atomic mass is 10.1. The van der Waals surface area contributed by atoms with Crippen LogP contribution in [0.2, 0.25) is 0 Å². The summed E-state index contributed by atoms with van der Waals surface area (Å²) in [6.07, 6.45) is 1.41. The minimum Gasteiger partial charge on any atom is -0.497 e. The summed E-state index contributed by atoms with van der Waals surface area (Å²) in [4.78, 5) is 26.3. The van der Waals surface area contributed by atoms with Gasteiger partial charge in [0.2, 0.25) is 0 Å². The molecular weight excluding hydrogens is 386 g/mol. The van der Waals surface area contributed by atoms with Crippen LogP contribution in [0.5, 0.6) is 11.5 Å². The first-order valence-electron chi connectivity index (χ1n) is 8.96. The first kappa shape index (κ1) is 22.3. The molecule has 0 unspecified atom stereocenters. The number of hydrogen-bond donors (Lipinski definition) is 1. The molecule has 156 valence electrons. The number of nitrogens with one attached hydrogen (secondary N) is 1. The van der Waals surface area contributed by atoms with E-state index in [0.29, 0.717) is 22.7 Å². The number of anilines is 2. The highest BCUT2D eigenvalue weighted by Gasteiger charge is 2.15. The molecule has 0 spiro atoms. The van der Waals surface area contributed by atoms with E-state index in [1.54, 1.807) is 36.4 Å². The lowest BCUT2D eigenvalue weighted by molar-refractivity contribution is -0.142. The third kappa shape index (κ3) is 6.01. The molecule has 1 N–H and O–H groups in total. The van der Waals surface area contributed by atoms with E-state index in [-0.39, 0.29) is 5.57 Å². The van der Waals surface area contributed by atoms with Gasteiger partial charge >= 0.3 is 5.97 Å². The van der Waals surface area contributed by atoms with Crippen molar-refractivity contribution in [3.8, 4) is 17.6 Å². The molecular formula is C22H23N3O5. The van der Waals surface area contributed by atoms with Crippen LogP contribution in [-0.2, 0) is 14.3 Å².